The van der Waals surface area contributed by atoms with E-state index in [0.29, 0.717) is 6.79 Å². The summed E-state index contributed by atoms with van der Waals surface area (Å²) in [7, 11) is 0. The zero-order valence-corrected chi connectivity index (χ0v) is 11.5. The van der Waals surface area contributed by atoms with Crippen molar-refractivity contribution in [1.29, 1.82) is 0 Å². The molecule has 3 nitrogen and oxygen atoms in total. The normalized spacial score (nSPS) is 20.9. The van der Waals surface area contributed by atoms with Gasteiger partial charge in [0.25, 0.3) is 0 Å². The number of rotatable bonds is 1. The third-order valence-corrected chi connectivity index (χ3v) is 4.47. The van der Waals surface area contributed by atoms with Crippen molar-refractivity contribution in [3.8, 4) is 11.5 Å². The summed E-state index contributed by atoms with van der Waals surface area (Å²) in [5.41, 5.74) is 8.67. The molecule has 0 saturated heterocycles. The van der Waals surface area contributed by atoms with E-state index < -0.39 is 0 Å². The highest BCUT2D eigenvalue weighted by molar-refractivity contribution is 9.10. The van der Waals surface area contributed by atoms with Gasteiger partial charge in [-0.3, -0.25) is 0 Å². The predicted molar refractivity (Wildman–Crippen MR) is 69.3 cm³/mol. The molecule has 0 radical (unpaired) electrons. The average molecular weight is 298 g/mol. The molecular weight excluding hydrogens is 282 g/mol. The van der Waals surface area contributed by atoms with Gasteiger partial charge in [0, 0.05) is 11.1 Å². The summed E-state index contributed by atoms with van der Waals surface area (Å²) in [6.07, 6.45) is 4.53. The van der Waals surface area contributed by atoms with E-state index in [9.17, 15) is 0 Å². The van der Waals surface area contributed by atoms with Crippen molar-refractivity contribution >= 4 is 15.9 Å². The zero-order chi connectivity index (χ0) is 12.0. The number of nitrogens with two attached hydrogens (primary N) is 1. The Labute approximate surface area is 109 Å². The topological polar surface area (TPSA) is 44.5 Å². The number of benzene rings is 1. The maximum atomic E-state index is 6.53. The van der Waals surface area contributed by atoms with Gasteiger partial charge in [-0.25, -0.2) is 0 Å². The highest BCUT2D eigenvalue weighted by Gasteiger charge is 2.35. The summed E-state index contributed by atoms with van der Waals surface area (Å²) in [4.78, 5) is 0. The first-order chi connectivity index (χ1) is 8.12. The molecule has 0 spiro atoms. The van der Waals surface area contributed by atoms with Crippen LogP contribution in [0.3, 0.4) is 0 Å². The molecule has 0 atom stereocenters. The van der Waals surface area contributed by atoms with Gasteiger partial charge in [0.05, 0.1) is 4.47 Å². The fraction of sp³-hybridized carbons (Fsp3) is 0.538. The number of ether oxygens (including phenoxy) is 2. The van der Waals surface area contributed by atoms with Gasteiger partial charge in [-0.15, -0.1) is 0 Å². The SMILES string of the molecule is Cc1c(C2(N)CCCC2)cc(Br)c2c1OCO2. The lowest BCUT2D eigenvalue weighted by molar-refractivity contribution is 0.173. The lowest BCUT2D eigenvalue weighted by atomic mass is 9.86. The summed E-state index contributed by atoms with van der Waals surface area (Å²) in [6, 6.07) is 2.11. The van der Waals surface area contributed by atoms with E-state index in [1.807, 2.05) is 0 Å². The molecule has 1 heterocycles. The largest absolute Gasteiger partial charge is 0.453 e. The second-order valence-electron chi connectivity index (χ2n) is 4.96. The molecule has 1 aromatic carbocycles. The van der Waals surface area contributed by atoms with E-state index >= 15 is 0 Å². The quantitative estimate of drug-likeness (QED) is 0.866. The van der Waals surface area contributed by atoms with Crippen LogP contribution in [0.4, 0.5) is 0 Å². The Bertz CT molecular complexity index is 467. The van der Waals surface area contributed by atoms with Crippen molar-refractivity contribution in [2.24, 2.45) is 5.73 Å². The van der Waals surface area contributed by atoms with E-state index in [-0.39, 0.29) is 5.54 Å². The molecule has 1 aliphatic heterocycles. The minimum atomic E-state index is -0.187. The number of halogens is 1. The third-order valence-electron chi connectivity index (χ3n) is 3.88. The van der Waals surface area contributed by atoms with E-state index in [2.05, 4.69) is 28.9 Å². The van der Waals surface area contributed by atoms with Crippen LogP contribution in [-0.4, -0.2) is 6.79 Å². The molecular formula is C13H16BrNO2. The summed E-state index contributed by atoms with van der Waals surface area (Å²) >= 11 is 3.54. The molecule has 92 valence electrons. The fourth-order valence-electron chi connectivity index (χ4n) is 2.95. The lowest BCUT2D eigenvalue weighted by Gasteiger charge is -2.27. The van der Waals surface area contributed by atoms with Gasteiger partial charge in [-0.1, -0.05) is 12.8 Å². The molecule has 2 N–H and O–H groups in total. The molecule has 1 aromatic rings. The van der Waals surface area contributed by atoms with Crippen molar-refractivity contribution < 1.29 is 9.47 Å². The predicted octanol–water partition coefficient (Wildman–Crippen LogP) is 3.21. The minimum Gasteiger partial charge on any atom is -0.453 e. The van der Waals surface area contributed by atoms with Crippen LogP contribution in [0.5, 0.6) is 11.5 Å². The van der Waals surface area contributed by atoms with Gasteiger partial charge in [0.15, 0.2) is 11.5 Å². The van der Waals surface area contributed by atoms with Crippen molar-refractivity contribution in [2.75, 3.05) is 6.79 Å². The Kier molecular flexibility index (Phi) is 2.60. The molecule has 1 aliphatic carbocycles. The van der Waals surface area contributed by atoms with Crippen LogP contribution in [0.25, 0.3) is 0 Å². The second kappa shape index (κ2) is 3.89. The van der Waals surface area contributed by atoms with E-state index in [4.69, 9.17) is 15.2 Å². The summed E-state index contributed by atoms with van der Waals surface area (Å²) in [6.45, 7) is 2.37. The minimum absolute atomic E-state index is 0.187. The monoisotopic (exact) mass is 297 g/mol. The van der Waals surface area contributed by atoms with Gasteiger partial charge in [-0.05, 0) is 47.3 Å². The van der Waals surface area contributed by atoms with Crippen LogP contribution in [-0.2, 0) is 5.54 Å². The Morgan fingerprint density at radius 2 is 1.88 bits per heavy atom. The van der Waals surface area contributed by atoms with Crippen LogP contribution >= 0.6 is 15.9 Å². The van der Waals surface area contributed by atoms with Crippen LogP contribution in [0.15, 0.2) is 10.5 Å². The molecule has 1 fully saturated rings. The van der Waals surface area contributed by atoms with Crippen LogP contribution in [0.1, 0.15) is 36.8 Å². The van der Waals surface area contributed by atoms with Gasteiger partial charge in [0.1, 0.15) is 0 Å². The molecule has 3 rings (SSSR count). The van der Waals surface area contributed by atoms with Gasteiger partial charge < -0.3 is 15.2 Å². The van der Waals surface area contributed by atoms with Crippen LogP contribution in [0.2, 0.25) is 0 Å². The Morgan fingerprint density at radius 3 is 2.59 bits per heavy atom. The van der Waals surface area contributed by atoms with Crippen LogP contribution in [0, 0.1) is 6.92 Å². The summed E-state index contributed by atoms with van der Waals surface area (Å²) in [5.74, 6) is 1.67. The lowest BCUT2D eigenvalue weighted by Crippen LogP contribution is -2.34. The molecule has 0 aromatic heterocycles. The molecule has 2 aliphatic rings. The summed E-state index contributed by atoms with van der Waals surface area (Å²) < 4.78 is 11.9. The molecule has 0 unspecified atom stereocenters. The zero-order valence-electron chi connectivity index (χ0n) is 9.88. The number of hydrogen-bond donors (Lipinski definition) is 1. The standard InChI is InChI=1S/C13H16BrNO2/c1-8-9(13(15)4-2-3-5-13)6-10(14)12-11(8)16-7-17-12/h6H,2-5,7,15H2,1H3. The maximum Gasteiger partial charge on any atom is 0.231 e. The Morgan fingerprint density at radius 1 is 1.24 bits per heavy atom. The van der Waals surface area contributed by atoms with Gasteiger partial charge >= 0.3 is 0 Å². The van der Waals surface area contributed by atoms with Gasteiger partial charge in [0.2, 0.25) is 6.79 Å². The van der Waals surface area contributed by atoms with E-state index in [1.54, 1.807) is 0 Å². The Balaban J connectivity index is 2.15. The van der Waals surface area contributed by atoms with Crippen molar-refractivity contribution in [3.05, 3.63) is 21.7 Å². The molecule has 0 bridgehead atoms. The first kappa shape index (κ1) is 11.4. The fourth-order valence-corrected chi connectivity index (χ4v) is 3.47. The van der Waals surface area contributed by atoms with Gasteiger partial charge in [-0.2, -0.15) is 0 Å². The first-order valence-corrected chi connectivity index (χ1v) is 6.79. The number of fused-ring (bicyclic) bond motifs is 1. The third kappa shape index (κ3) is 1.66. The first-order valence-electron chi connectivity index (χ1n) is 6.00. The smallest absolute Gasteiger partial charge is 0.231 e. The van der Waals surface area contributed by atoms with Crippen molar-refractivity contribution in [2.45, 2.75) is 38.1 Å². The highest BCUT2D eigenvalue weighted by atomic mass is 79.9. The Hall–Kier alpha value is -0.740. The second-order valence-corrected chi connectivity index (χ2v) is 5.81. The van der Waals surface area contributed by atoms with E-state index in [0.717, 1.165) is 34.4 Å². The van der Waals surface area contributed by atoms with Crippen LogP contribution < -0.4 is 15.2 Å². The number of hydrogen-bond acceptors (Lipinski definition) is 3. The highest BCUT2D eigenvalue weighted by Crippen LogP contribution is 2.48. The molecule has 1 saturated carbocycles. The summed E-state index contributed by atoms with van der Waals surface area (Å²) in [5, 5.41) is 0. The average Bonchev–Trinajstić information content (AvgIpc) is 2.92. The van der Waals surface area contributed by atoms with Crippen molar-refractivity contribution in [3.63, 3.8) is 0 Å². The molecule has 17 heavy (non-hydrogen) atoms. The molecule has 0 amide bonds. The maximum absolute atomic E-state index is 6.53. The molecule has 4 heteroatoms. The van der Waals surface area contributed by atoms with Crippen molar-refractivity contribution in [1.82, 2.24) is 0 Å². The van der Waals surface area contributed by atoms with E-state index in [1.165, 1.54) is 18.4 Å².